The van der Waals surface area contributed by atoms with Gasteiger partial charge in [0, 0.05) is 14.0 Å². The van der Waals surface area contributed by atoms with E-state index < -0.39 is 24.3 Å². The molecule has 0 aromatic carbocycles. The number of nitrogens with one attached hydrogen (secondary N) is 1. The van der Waals surface area contributed by atoms with Crippen molar-refractivity contribution in [3.05, 3.63) is 11.8 Å². The van der Waals surface area contributed by atoms with Crippen LogP contribution in [0.25, 0.3) is 0 Å². The number of carboxylic acid groups (broad SMARTS) is 1. The van der Waals surface area contributed by atoms with Crippen molar-refractivity contribution in [2.24, 2.45) is 16.5 Å². The second-order valence-electron chi connectivity index (χ2n) is 3.83. The number of hydrogen-bond donors (Lipinski definition) is 4. The molecule has 0 saturated carbocycles. The summed E-state index contributed by atoms with van der Waals surface area (Å²) in [6, 6.07) is -1.52. The quantitative estimate of drug-likeness (QED) is 0.345. The van der Waals surface area contributed by atoms with Gasteiger partial charge in [-0.15, -0.1) is 0 Å². The van der Waals surface area contributed by atoms with Crippen molar-refractivity contribution in [2.75, 3.05) is 7.11 Å². The van der Waals surface area contributed by atoms with Crippen molar-refractivity contribution in [1.29, 1.82) is 0 Å². The van der Waals surface area contributed by atoms with E-state index in [0.717, 1.165) is 0 Å². The average molecular weight is 272 g/mol. The van der Waals surface area contributed by atoms with Crippen LogP contribution in [0.4, 0.5) is 0 Å². The lowest BCUT2D eigenvalue weighted by Gasteiger charge is -2.33. The van der Waals surface area contributed by atoms with E-state index in [-0.39, 0.29) is 17.6 Å². The third-order valence-electron chi connectivity index (χ3n) is 2.34. The van der Waals surface area contributed by atoms with E-state index in [1.54, 1.807) is 0 Å². The summed E-state index contributed by atoms with van der Waals surface area (Å²) < 4.78 is 10.1. The van der Waals surface area contributed by atoms with Gasteiger partial charge in [0.25, 0.3) is 0 Å². The molecular formula is C10H16N4O5. The molecule has 0 unspecified atom stereocenters. The van der Waals surface area contributed by atoms with E-state index >= 15 is 0 Å². The molecule has 0 aromatic heterocycles. The van der Waals surface area contributed by atoms with Crippen molar-refractivity contribution in [3.8, 4) is 0 Å². The van der Waals surface area contributed by atoms with Gasteiger partial charge in [-0.1, -0.05) is 0 Å². The molecule has 1 heterocycles. The Labute approximate surface area is 109 Å². The first kappa shape index (κ1) is 14.8. The van der Waals surface area contributed by atoms with E-state index in [1.807, 2.05) is 0 Å². The molecule has 3 atom stereocenters. The van der Waals surface area contributed by atoms with Crippen molar-refractivity contribution >= 4 is 17.8 Å². The molecule has 0 bridgehead atoms. The van der Waals surface area contributed by atoms with E-state index in [1.165, 1.54) is 20.1 Å². The number of ether oxygens (including phenoxy) is 2. The number of guanidine groups is 1. The molecule has 19 heavy (non-hydrogen) atoms. The first-order chi connectivity index (χ1) is 8.85. The summed E-state index contributed by atoms with van der Waals surface area (Å²) in [5.41, 5.74) is 10.6. The highest BCUT2D eigenvalue weighted by atomic mass is 16.7. The fraction of sp³-hybridized carbons (Fsp3) is 0.500. The number of nitrogens with two attached hydrogens (primary N) is 2. The summed E-state index contributed by atoms with van der Waals surface area (Å²) in [5, 5.41) is 11.5. The van der Waals surface area contributed by atoms with Crippen LogP contribution in [0.2, 0.25) is 0 Å². The third kappa shape index (κ3) is 3.85. The predicted molar refractivity (Wildman–Crippen MR) is 64.8 cm³/mol. The lowest BCUT2D eigenvalue weighted by Crippen LogP contribution is -2.54. The van der Waals surface area contributed by atoms with E-state index in [4.69, 9.17) is 26.0 Å². The molecule has 6 N–H and O–H groups in total. The van der Waals surface area contributed by atoms with Crippen molar-refractivity contribution in [1.82, 2.24) is 5.32 Å². The molecule has 1 amide bonds. The van der Waals surface area contributed by atoms with Gasteiger partial charge < -0.3 is 31.4 Å². The molecule has 9 heteroatoms. The predicted octanol–water partition coefficient (Wildman–Crippen LogP) is -1.90. The maximum absolute atomic E-state index is 11.1. The van der Waals surface area contributed by atoms with Crippen LogP contribution in [-0.2, 0) is 19.1 Å². The SMILES string of the molecule is CO[C@H]1OC(C(=O)O)=C[C@H](N=C(N)N)[C@H]1NC(C)=O. The minimum Gasteiger partial charge on any atom is -0.475 e. The summed E-state index contributed by atoms with van der Waals surface area (Å²) in [4.78, 5) is 25.9. The fourth-order valence-corrected chi connectivity index (χ4v) is 1.65. The Kier molecular flexibility index (Phi) is 4.70. The van der Waals surface area contributed by atoms with Crippen LogP contribution in [-0.4, -0.2) is 48.4 Å². The normalized spacial score (nSPS) is 25.8. The molecule has 1 aliphatic heterocycles. The maximum atomic E-state index is 11.1. The lowest BCUT2D eigenvalue weighted by atomic mass is 10.0. The van der Waals surface area contributed by atoms with Gasteiger partial charge in [-0.3, -0.25) is 4.79 Å². The van der Waals surface area contributed by atoms with Gasteiger partial charge in [-0.25, -0.2) is 9.79 Å². The molecule has 0 radical (unpaired) electrons. The Morgan fingerprint density at radius 2 is 2.16 bits per heavy atom. The summed E-state index contributed by atoms with van der Waals surface area (Å²) in [7, 11) is 1.32. The smallest absolute Gasteiger partial charge is 0.371 e. The fourth-order valence-electron chi connectivity index (χ4n) is 1.65. The second kappa shape index (κ2) is 6.05. The molecule has 0 spiro atoms. The summed E-state index contributed by atoms with van der Waals surface area (Å²) in [5.74, 6) is -2.21. The number of methoxy groups -OCH3 is 1. The van der Waals surface area contributed by atoms with Crippen molar-refractivity contribution in [2.45, 2.75) is 25.3 Å². The highest BCUT2D eigenvalue weighted by Gasteiger charge is 2.37. The number of carbonyl (C=O) groups excluding carboxylic acids is 1. The molecular weight excluding hydrogens is 256 g/mol. The molecule has 0 fully saturated rings. The lowest BCUT2D eigenvalue weighted by molar-refractivity contribution is -0.157. The first-order valence-corrected chi connectivity index (χ1v) is 5.35. The number of nitrogens with zero attached hydrogens (tertiary/aromatic N) is 1. The van der Waals surface area contributed by atoms with Gasteiger partial charge in [-0.05, 0) is 6.08 Å². The highest BCUT2D eigenvalue weighted by molar-refractivity contribution is 5.85. The van der Waals surface area contributed by atoms with Crippen LogP contribution in [0.5, 0.6) is 0 Å². The minimum absolute atomic E-state index is 0.238. The number of hydrogen-bond acceptors (Lipinski definition) is 5. The molecule has 9 nitrogen and oxygen atoms in total. The molecule has 106 valence electrons. The Morgan fingerprint density at radius 1 is 1.53 bits per heavy atom. The standard InChI is InChI=1S/C10H16N4O5/c1-4(15)13-7-5(14-10(11)12)3-6(8(16)17)19-9(7)18-2/h3,5,7,9H,1-2H3,(H,13,15)(H,16,17)(H4,11,12,14)/t5-,7+,9-/m0/s1. The van der Waals surface area contributed by atoms with Crippen LogP contribution in [0, 0.1) is 0 Å². The number of carboxylic acids is 1. The topological polar surface area (TPSA) is 149 Å². The van der Waals surface area contributed by atoms with Crippen LogP contribution < -0.4 is 16.8 Å². The molecule has 0 saturated heterocycles. The Morgan fingerprint density at radius 3 is 2.58 bits per heavy atom. The van der Waals surface area contributed by atoms with Gasteiger partial charge in [0.1, 0.15) is 12.1 Å². The molecule has 0 aromatic rings. The largest absolute Gasteiger partial charge is 0.475 e. The van der Waals surface area contributed by atoms with Crippen molar-refractivity contribution in [3.63, 3.8) is 0 Å². The monoisotopic (exact) mass is 272 g/mol. The summed E-state index contributed by atoms with van der Waals surface area (Å²) in [6.45, 7) is 1.30. The summed E-state index contributed by atoms with van der Waals surface area (Å²) in [6.07, 6.45) is 0.200. The van der Waals surface area contributed by atoms with Crippen LogP contribution in [0.15, 0.2) is 16.8 Å². The van der Waals surface area contributed by atoms with E-state index in [0.29, 0.717) is 0 Å². The number of carbonyl (C=O) groups is 2. The Hall–Kier alpha value is -2.29. The number of rotatable bonds is 4. The number of aliphatic imine (C=N–C) groups is 1. The van der Waals surface area contributed by atoms with Crippen molar-refractivity contribution < 1.29 is 24.2 Å². The van der Waals surface area contributed by atoms with E-state index in [2.05, 4.69) is 10.3 Å². The number of amides is 1. The van der Waals surface area contributed by atoms with Gasteiger partial charge in [0.05, 0.1) is 0 Å². The van der Waals surface area contributed by atoms with Gasteiger partial charge in [-0.2, -0.15) is 0 Å². The zero-order valence-corrected chi connectivity index (χ0v) is 10.5. The van der Waals surface area contributed by atoms with Crippen LogP contribution in [0.1, 0.15) is 6.92 Å². The van der Waals surface area contributed by atoms with E-state index in [9.17, 15) is 9.59 Å². The second-order valence-corrected chi connectivity index (χ2v) is 3.83. The van der Waals surface area contributed by atoms with Gasteiger partial charge >= 0.3 is 5.97 Å². The molecule has 1 aliphatic rings. The molecule has 1 rings (SSSR count). The van der Waals surface area contributed by atoms with Crippen LogP contribution >= 0.6 is 0 Å². The van der Waals surface area contributed by atoms with Gasteiger partial charge in [0.2, 0.25) is 18.0 Å². The zero-order valence-electron chi connectivity index (χ0n) is 10.5. The van der Waals surface area contributed by atoms with Crippen LogP contribution in [0.3, 0.4) is 0 Å². The maximum Gasteiger partial charge on any atom is 0.371 e. The Balaban J connectivity index is 3.12. The summed E-state index contributed by atoms with van der Waals surface area (Å²) >= 11 is 0. The number of aliphatic carboxylic acids is 1. The zero-order chi connectivity index (χ0) is 14.6. The molecule has 0 aliphatic carbocycles. The van der Waals surface area contributed by atoms with Gasteiger partial charge in [0.15, 0.2) is 5.96 Å². The first-order valence-electron chi connectivity index (χ1n) is 5.35. The minimum atomic E-state index is -1.28. The average Bonchev–Trinajstić information content (AvgIpc) is 2.29. The highest BCUT2D eigenvalue weighted by Crippen LogP contribution is 2.21. The Bertz CT molecular complexity index is 430. The third-order valence-corrected chi connectivity index (χ3v) is 2.34.